The third-order valence-electron chi connectivity index (χ3n) is 3.95. The van der Waals surface area contributed by atoms with Crippen LogP contribution in [0.25, 0.3) is 11.1 Å². The van der Waals surface area contributed by atoms with Crippen LogP contribution in [0.3, 0.4) is 0 Å². The van der Waals surface area contributed by atoms with Crippen molar-refractivity contribution < 1.29 is 9.47 Å². The summed E-state index contributed by atoms with van der Waals surface area (Å²) in [6.07, 6.45) is 2.00. The molecular formula is C20H24O2. The van der Waals surface area contributed by atoms with Gasteiger partial charge in [-0.3, -0.25) is 0 Å². The van der Waals surface area contributed by atoms with Gasteiger partial charge >= 0.3 is 0 Å². The quantitative estimate of drug-likeness (QED) is 0.661. The highest BCUT2D eigenvalue weighted by atomic mass is 16.5. The molecule has 22 heavy (non-hydrogen) atoms. The zero-order chi connectivity index (χ0) is 15.9. The van der Waals surface area contributed by atoms with Crippen LogP contribution in [0.15, 0.2) is 48.5 Å². The molecule has 0 radical (unpaired) electrons. The van der Waals surface area contributed by atoms with E-state index in [4.69, 9.17) is 9.47 Å². The van der Waals surface area contributed by atoms with Gasteiger partial charge in [-0.05, 0) is 59.4 Å². The Kier molecular flexibility index (Phi) is 5.65. The van der Waals surface area contributed by atoms with Crippen LogP contribution in [0.1, 0.15) is 37.8 Å². The Morgan fingerprint density at radius 3 is 1.18 bits per heavy atom. The standard InChI is InChI=1S/C20H24O2/c1-5-19(15-7-11-17(21-3)12-8-15)20(6-2)16-9-13-18(22-4)14-10-16/h7-14H,5-6H2,1-4H3/b20-19-. The zero-order valence-electron chi connectivity index (χ0n) is 13.8. The molecule has 0 bridgehead atoms. The van der Waals surface area contributed by atoms with E-state index in [0.29, 0.717) is 0 Å². The van der Waals surface area contributed by atoms with Gasteiger partial charge in [0, 0.05) is 0 Å². The second-order valence-electron chi connectivity index (χ2n) is 5.12. The van der Waals surface area contributed by atoms with E-state index >= 15 is 0 Å². The zero-order valence-corrected chi connectivity index (χ0v) is 13.8. The Morgan fingerprint density at radius 1 is 0.636 bits per heavy atom. The lowest BCUT2D eigenvalue weighted by atomic mass is 9.91. The molecule has 0 aliphatic carbocycles. The number of methoxy groups -OCH3 is 2. The van der Waals surface area contributed by atoms with Crippen molar-refractivity contribution in [3.63, 3.8) is 0 Å². The molecule has 2 nitrogen and oxygen atoms in total. The SMILES string of the molecule is CC/C(=C(\CC)c1ccc(OC)cc1)c1ccc(OC)cc1. The summed E-state index contributed by atoms with van der Waals surface area (Å²) in [4.78, 5) is 0. The molecule has 0 saturated heterocycles. The van der Waals surface area contributed by atoms with Gasteiger partial charge < -0.3 is 9.47 Å². The minimum absolute atomic E-state index is 0.890. The summed E-state index contributed by atoms with van der Waals surface area (Å²) in [6, 6.07) is 16.6. The van der Waals surface area contributed by atoms with Gasteiger partial charge in [-0.1, -0.05) is 38.1 Å². The number of ether oxygens (including phenoxy) is 2. The van der Waals surface area contributed by atoms with E-state index < -0.39 is 0 Å². The molecule has 2 aromatic carbocycles. The average molecular weight is 296 g/mol. The van der Waals surface area contributed by atoms with Crippen molar-refractivity contribution >= 4 is 11.1 Å². The highest BCUT2D eigenvalue weighted by Gasteiger charge is 2.09. The fraction of sp³-hybridized carbons (Fsp3) is 0.300. The van der Waals surface area contributed by atoms with Crippen molar-refractivity contribution in [3.8, 4) is 11.5 Å². The van der Waals surface area contributed by atoms with Crippen molar-refractivity contribution in [1.29, 1.82) is 0 Å². The molecule has 0 N–H and O–H groups in total. The van der Waals surface area contributed by atoms with Crippen LogP contribution in [0, 0.1) is 0 Å². The minimum atomic E-state index is 0.890. The van der Waals surface area contributed by atoms with Crippen LogP contribution in [0.4, 0.5) is 0 Å². The molecule has 0 atom stereocenters. The van der Waals surface area contributed by atoms with Crippen molar-refractivity contribution in [2.75, 3.05) is 14.2 Å². The first kappa shape index (κ1) is 16.2. The van der Waals surface area contributed by atoms with Crippen LogP contribution >= 0.6 is 0 Å². The van der Waals surface area contributed by atoms with E-state index in [1.54, 1.807) is 14.2 Å². The molecular weight excluding hydrogens is 272 g/mol. The van der Waals surface area contributed by atoms with Crippen LogP contribution in [-0.2, 0) is 0 Å². The largest absolute Gasteiger partial charge is 0.497 e. The molecule has 0 fully saturated rings. The second-order valence-corrected chi connectivity index (χ2v) is 5.12. The highest BCUT2D eigenvalue weighted by molar-refractivity contribution is 5.90. The van der Waals surface area contributed by atoms with E-state index in [1.165, 1.54) is 22.3 Å². The topological polar surface area (TPSA) is 18.5 Å². The van der Waals surface area contributed by atoms with Gasteiger partial charge in [0.25, 0.3) is 0 Å². The van der Waals surface area contributed by atoms with Gasteiger partial charge in [0.2, 0.25) is 0 Å². The number of hydrogen-bond acceptors (Lipinski definition) is 2. The third-order valence-corrected chi connectivity index (χ3v) is 3.95. The lowest BCUT2D eigenvalue weighted by Crippen LogP contribution is -1.93. The van der Waals surface area contributed by atoms with Gasteiger partial charge in [0.1, 0.15) is 11.5 Å². The first-order chi connectivity index (χ1) is 10.7. The van der Waals surface area contributed by atoms with Crippen LogP contribution in [0.5, 0.6) is 11.5 Å². The Bertz CT molecular complexity index is 564. The van der Waals surface area contributed by atoms with Gasteiger partial charge in [0.15, 0.2) is 0 Å². The molecule has 0 unspecified atom stereocenters. The number of hydrogen-bond donors (Lipinski definition) is 0. The summed E-state index contributed by atoms with van der Waals surface area (Å²) in [7, 11) is 3.39. The molecule has 116 valence electrons. The molecule has 2 heteroatoms. The molecule has 0 saturated carbocycles. The van der Waals surface area contributed by atoms with Gasteiger partial charge in [-0.15, -0.1) is 0 Å². The van der Waals surface area contributed by atoms with Gasteiger partial charge in [-0.2, -0.15) is 0 Å². The molecule has 0 aliphatic rings. The summed E-state index contributed by atoms with van der Waals surface area (Å²) in [5.41, 5.74) is 5.29. The molecule has 0 amide bonds. The maximum absolute atomic E-state index is 5.25. The van der Waals surface area contributed by atoms with Crippen molar-refractivity contribution in [2.24, 2.45) is 0 Å². The highest BCUT2D eigenvalue weighted by Crippen LogP contribution is 2.32. The summed E-state index contributed by atoms with van der Waals surface area (Å²) < 4.78 is 10.5. The lowest BCUT2D eigenvalue weighted by Gasteiger charge is -2.15. The molecule has 0 spiro atoms. The average Bonchev–Trinajstić information content (AvgIpc) is 2.60. The normalized spacial score (nSPS) is 11.8. The number of rotatable bonds is 6. The number of benzene rings is 2. The van der Waals surface area contributed by atoms with E-state index in [1.807, 2.05) is 24.3 Å². The Labute approximate surface area is 133 Å². The van der Waals surface area contributed by atoms with Crippen molar-refractivity contribution in [1.82, 2.24) is 0 Å². The van der Waals surface area contributed by atoms with E-state index in [2.05, 4.69) is 38.1 Å². The molecule has 0 aromatic heterocycles. The third kappa shape index (κ3) is 3.51. The Morgan fingerprint density at radius 2 is 0.955 bits per heavy atom. The molecule has 0 heterocycles. The van der Waals surface area contributed by atoms with Gasteiger partial charge in [-0.25, -0.2) is 0 Å². The summed E-state index contributed by atoms with van der Waals surface area (Å²) >= 11 is 0. The smallest absolute Gasteiger partial charge is 0.118 e. The van der Waals surface area contributed by atoms with Crippen molar-refractivity contribution in [3.05, 3.63) is 59.7 Å². The summed E-state index contributed by atoms with van der Waals surface area (Å²) in [6.45, 7) is 4.41. The fourth-order valence-corrected chi connectivity index (χ4v) is 2.77. The molecule has 2 aromatic rings. The Balaban J connectivity index is 2.46. The van der Waals surface area contributed by atoms with Gasteiger partial charge in [0.05, 0.1) is 14.2 Å². The first-order valence-corrected chi connectivity index (χ1v) is 7.74. The molecule has 2 rings (SSSR count). The lowest BCUT2D eigenvalue weighted by molar-refractivity contribution is 0.414. The second kappa shape index (κ2) is 7.69. The summed E-state index contributed by atoms with van der Waals surface area (Å²) in [5.74, 6) is 1.78. The maximum Gasteiger partial charge on any atom is 0.118 e. The predicted molar refractivity (Wildman–Crippen MR) is 93.4 cm³/mol. The minimum Gasteiger partial charge on any atom is -0.497 e. The predicted octanol–water partition coefficient (Wildman–Crippen LogP) is 5.43. The Hall–Kier alpha value is -2.22. The van der Waals surface area contributed by atoms with E-state index in [-0.39, 0.29) is 0 Å². The van der Waals surface area contributed by atoms with Crippen molar-refractivity contribution in [2.45, 2.75) is 26.7 Å². The fourth-order valence-electron chi connectivity index (χ4n) is 2.77. The van der Waals surface area contributed by atoms with E-state index in [0.717, 1.165) is 24.3 Å². The maximum atomic E-state index is 5.25. The van der Waals surface area contributed by atoms with Crippen LogP contribution in [-0.4, -0.2) is 14.2 Å². The van der Waals surface area contributed by atoms with E-state index in [9.17, 15) is 0 Å². The first-order valence-electron chi connectivity index (χ1n) is 7.74. The number of allylic oxidation sites excluding steroid dienone is 2. The summed E-state index contributed by atoms with van der Waals surface area (Å²) in [5, 5.41) is 0. The van der Waals surface area contributed by atoms with Crippen LogP contribution in [0.2, 0.25) is 0 Å². The van der Waals surface area contributed by atoms with Crippen LogP contribution < -0.4 is 9.47 Å². The molecule has 0 aliphatic heterocycles. The monoisotopic (exact) mass is 296 g/mol.